The Bertz CT molecular complexity index is 793. The Balaban J connectivity index is 2.05. The number of rotatable bonds is 9. The van der Waals surface area contributed by atoms with Crippen LogP contribution in [-0.4, -0.2) is 42.7 Å². The zero-order chi connectivity index (χ0) is 20.5. The van der Waals surface area contributed by atoms with Gasteiger partial charge in [0.15, 0.2) is 0 Å². The molecule has 0 aliphatic rings. The lowest BCUT2D eigenvalue weighted by molar-refractivity contribution is -0.140. The van der Waals surface area contributed by atoms with Crippen LogP contribution in [0, 0.1) is 6.92 Å². The topological polar surface area (TPSA) is 58.6 Å². The number of hydrogen-bond donors (Lipinski definition) is 1. The first kappa shape index (κ1) is 21.8. The predicted octanol–water partition coefficient (Wildman–Crippen LogP) is 3.65. The van der Waals surface area contributed by atoms with Crippen molar-refractivity contribution >= 4 is 23.6 Å². The first-order chi connectivity index (χ1) is 13.4. The number of nitrogens with zero attached hydrogens (tertiary/aromatic N) is 1. The van der Waals surface area contributed by atoms with Gasteiger partial charge in [-0.15, -0.1) is 11.8 Å². The lowest BCUT2D eigenvalue weighted by Crippen LogP contribution is -2.46. The summed E-state index contributed by atoms with van der Waals surface area (Å²) >= 11 is 1.65. The van der Waals surface area contributed by atoms with Crippen molar-refractivity contribution in [2.24, 2.45) is 0 Å². The minimum Gasteiger partial charge on any atom is -0.497 e. The number of nitrogens with one attached hydrogen (secondary N) is 1. The Morgan fingerprint density at radius 1 is 1.18 bits per heavy atom. The molecule has 0 fully saturated rings. The Hall–Kier alpha value is -2.47. The summed E-state index contributed by atoms with van der Waals surface area (Å²) in [5.41, 5.74) is 2.14. The van der Waals surface area contributed by atoms with E-state index in [1.807, 2.05) is 24.3 Å². The number of ether oxygens (including phenoxy) is 1. The molecule has 0 aliphatic carbocycles. The number of benzene rings is 2. The first-order valence-electron chi connectivity index (χ1n) is 9.28. The number of methoxy groups -OCH3 is 1. The molecule has 2 rings (SSSR count). The maximum Gasteiger partial charge on any atom is 0.242 e. The molecule has 150 valence electrons. The van der Waals surface area contributed by atoms with Crippen LogP contribution in [0.2, 0.25) is 0 Å². The Kier molecular flexibility index (Phi) is 8.39. The first-order valence-corrected chi connectivity index (χ1v) is 10.3. The maximum absolute atomic E-state index is 12.9. The minimum absolute atomic E-state index is 0.0430. The van der Waals surface area contributed by atoms with Gasteiger partial charge in [-0.1, -0.05) is 29.8 Å². The van der Waals surface area contributed by atoms with E-state index >= 15 is 0 Å². The Morgan fingerprint density at radius 3 is 2.54 bits per heavy atom. The van der Waals surface area contributed by atoms with Crippen molar-refractivity contribution in [2.75, 3.05) is 19.9 Å². The largest absolute Gasteiger partial charge is 0.497 e. The number of hydrogen-bond acceptors (Lipinski definition) is 4. The predicted molar refractivity (Wildman–Crippen MR) is 114 cm³/mol. The second kappa shape index (κ2) is 10.8. The molecule has 0 unspecified atom stereocenters. The smallest absolute Gasteiger partial charge is 0.242 e. The summed E-state index contributed by atoms with van der Waals surface area (Å²) in [7, 11) is 3.19. The molecule has 2 aromatic carbocycles. The highest BCUT2D eigenvalue weighted by molar-refractivity contribution is 7.99. The van der Waals surface area contributed by atoms with Gasteiger partial charge in [0.05, 0.1) is 7.11 Å². The molecule has 28 heavy (non-hydrogen) atoms. The zero-order valence-electron chi connectivity index (χ0n) is 16.9. The fraction of sp³-hybridized carbons (Fsp3) is 0.364. The zero-order valence-corrected chi connectivity index (χ0v) is 17.7. The molecule has 0 bridgehead atoms. The number of thioether (sulfide) groups is 1. The van der Waals surface area contributed by atoms with Crippen molar-refractivity contribution in [1.82, 2.24) is 10.2 Å². The molecule has 0 radical (unpaired) electrons. The van der Waals surface area contributed by atoms with E-state index in [9.17, 15) is 9.59 Å². The summed E-state index contributed by atoms with van der Waals surface area (Å²) in [5, 5.41) is 2.63. The summed E-state index contributed by atoms with van der Waals surface area (Å²) in [6.45, 7) is 4.17. The summed E-state index contributed by atoms with van der Waals surface area (Å²) in [5.74, 6) is 1.17. The maximum atomic E-state index is 12.9. The average molecular weight is 401 g/mol. The van der Waals surface area contributed by atoms with Crippen LogP contribution in [0.1, 0.15) is 24.5 Å². The summed E-state index contributed by atoms with van der Waals surface area (Å²) in [6, 6.07) is 15.3. The van der Waals surface area contributed by atoms with Crippen LogP contribution in [0.25, 0.3) is 0 Å². The molecule has 0 saturated carbocycles. The van der Waals surface area contributed by atoms with Crippen molar-refractivity contribution in [1.29, 1.82) is 0 Å². The van der Waals surface area contributed by atoms with Crippen molar-refractivity contribution in [3.63, 3.8) is 0 Å². The summed E-state index contributed by atoms with van der Waals surface area (Å²) < 4.78 is 5.26. The van der Waals surface area contributed by atoms with Crippen molar-refractivity contribution < 1.29 is 14.3 Å². The Labute approximate surface area is 171 Å². The molecular weight excluding hydrogens is 372 g/mol. The molecule has 6 heteroatoms. The molecule has 0 heterocycles. The van der Waals surface area contributed by atoms with Gasteiger partial charge < -0.3 is 15.0 Å². The standard InChI is InChI=1S/C22H28N2O3S/c1-16-8-10-20(11-9-16)28-13-12-21(25)24(17(2)22(26)23-3)15-18-6-5-7-19(14-18)27-4/h5-11,14,17H,12-13,15H2,1-4H3,(H,23,26)/t17-/m1/s1. The van der Waals surface area contributed by atoms with E-state index in [0.29, 0.717) is 18.7 Å². The molecule has 0 spiro atoms. The highest BCUT2D eigenvalue weighted by atomic mass is 32.2. The number of amides is 2. The molecule has 1 atom stereocenters. The van der Waals surface area contributed by atoms with Gasteiger partial charge in [0.2, 0.25) is 11.8 Å². The van der Waals surface area contributed by atoms with E-state index in [-0.39, 0.29) is 11.8 Å². The van der Waals surface area contributed by atoms with Crippen LogP contribution in [0.4, 0.5) is 0 Å². The highest BCUT2D eigenvalue weighted by Crippen LogP contribution is 2.21. The van der Waals surface area contributed by atoms with E-state index in [1.165, 1.54) is 5.56 Å². The van der Waals surface area contributed by atoms with Gasteiger partial charge in [-0.3, -0.25) is 9.59 Å². The third-order valence-electron chi connectivity index (χ3n) is 4.51. The average Bonchev–Trinajstić information content (AvgIpc) is 2.72. The van der Waals surface area contributed by atoms with E-state index in [1.54, 1.807) is 37.7 Å². The van der Waals surface area contributed by atoms with Gasteiger partial charge in [-0.05, 0) is 43.7 Å². The van der Waals surface area contributed by atoms with Crippen LogP contribution in [0.5, 0.6) is 5.75 Å². The molecular formula is C22H28N2O3S. The second-order valence-corrected chi connectivity index (χ2v) is 7.74. The van der Waals surface area contributed by atoms with Gasteiger partial charge >= 0.3 is 0 Å². The quantitative estimate of drug-likeness (QED) is 0.653. The molecule has 2 aromatic rings. The van der Waals surface area contributed by atoms with Crippen LogP contribution in [0.3, 0.4) is 0 Å². The lowest BCUT2D eigenvalue weighted by atomic mass is 10.1. The van der Waals surface area contributed by atoms with E-state index < -0.39 is 6.04 Å². The van der Waals surface area contributed by atoms with Crippen LogP contribution in [0.15, 0.2) is 53.4 Å². The van der Waals surface area contributed by atoms with E-state index in [2.05, 4.69) is 36.5 Å². The van der Waals surface area contributed by atoms with Crippen LogP contribution in [-0.2, 0) is 16.1 Å². The van der Waals surface area contributed by atoms with Gasteiger partial charge in [0.1, 0.15) is 11.8 Å². The third kappa shape index (κ3) is 6.30. The van der Waals surface area contributed by atoms with Gasteiger partial charge in [0.25, 0.3) is 0 Å². The molecule has 0 aromatic heterocycles. The fourth-order valence-corrected chi connectivity index (χ4v) is 3.63. The number of aryl methyl sites for hydroxylation is 1. The van der Waals surface area contributed by atoms with Gasteiger partial charge in [-0.25, -0.2) is 0 Å². The number of carbonyl (C=O) groups excluding carboxylic acids is 2. The highest BCUT2D eigenvalue weighted by Gasteiger charge is 2.25. The second-order valence-electron chi connectivity index (χ2n) is 6.57. The summed E-state index contributed by atoms with van der Waals surface area (Å²) in [4.78, 5) is 27.8. The number of likely N-dealkylation sites (N-methyl/N-ethyl adjacent to an activating group) is 1. The molecule has 1 N–H and O–H groups in total. The normalized spacial score (nSPS) is 11.6. The van der Waals surface area contributed by atoms with Crippen molar-refractivity contribution in [2.45, 2.75) is 37.8 Å². The van der Waals surface area contributed by atoms with Gasteiger partial charge in [-0.2, -0.15) is 0 Å². The monoisotopic (exact) mass is 400 g/mol. The van der Waals surface area contributed by atoms with Crippen molar-refractivity contribution in [3.8, 4) is 5.75 Å². The molecule has 0 aliphatic heterocycles. The molecule has 2 amide bonds. The molecule has 0 saturated heterocycles. The van der Waals surface area contributed by atoms with Gasteiger partial charge in [0, 0.05) is 30.7 Å². The van der Waals surface area contributed by atoms with Crippen molar-refractivity contribution in [3.05, 3.63) is 59.7 Å². The van der Waals surface area contributed by atoms with Crippen LogP contribution >= 0.6 is 11.8 Å². The molecule has 5 nitrogen and oxygen atoms in total. The third-order valence-corrected chi connectivity index (χ3v) is 5.52. The fourth-order valence-electron chi connectivity index (χ4n) is 2.79. The number of carbonyl (C=O) groups is 2. The van der Waals surface area contributed by atoms with E-state index in [4.69, 9.17) is 4.74 Å². The summed E-state index contributed by atoms with van der Waals surface area (Å²) in [6.07, 6.45) is 0.365. The van der Waals surface area contributed by atoms with Crippen LogP contribution < -0.4 is 10.1 Å². The van der Waals surface area contributed by atoms with E-state index in [0.717, 1.165) is 16.2 Å². The SMILES string of the molecule is CNC(=O)[C@@H](C)N(Cc1cccc(OC)c1)C(=O)CCSc1ccc(C)cc1. The lowest BCUT2D eigenvalue weighted by Gasteiger charge is -2.28. The minimum atomic E-state index is -0.548. The Morgan fingerprint density at radius 2 is 1.89 bits per heavy atom.